The Balaban J connectivity index is 1.35. The van der Waals surface area contributed by atoms with Crippen LogP contribution in [0.25, 0.3) is 5.65 Å². The van der Waals surface area contributed by atoms with Crippen LogP contribution in [0, 0.1) is 13.8 Å². The molecule has 158 valence electrons. The number of carbonyl (C=O) groups is 1. The largest absolute Gasteiger partial charge is 0.486 e. The van der Waals surface area contributed by atoms with Crippen molar-refractivity contribution in [1.82, 2.24) is 24.5 Å². The fraction of sp³-hybridized carbons (Fsp3) is 0.304. The summed E-state index contributed by atoms with van der Waals surface area (Å²) in [6.07, 6.45) is 3.77. The zero-order chi connectivity index (χ0) is 21.4. The third-order valence-corrected chi connectivity index (χ3v) is 6.69. The smallest absolute Gasteiger partial charge is 0.266 e. The summed E-state index contributed by atoms with van der Waals surface area (Å²) in [5.74, 6) is 1.61. The van der Waals surface area contributed by atoms with Crippen LogP contribution in [0.1, 0.15) is 50.6 Å². The van der Waals surface area contributed by atoms with Crippen molar-refractivity contribution >= 4 is 22.9 Å². The van der Waals surface area contributed by atoms with Gasteiger partial charge in [-0.05, 0) is 51.0 Å². The lowest BCUT2D eigenvalue weighted by atomic mass is 10.2. The van der Waals surface area contributed by atoms with Gasteiger partial charge in [0.1, 0.15) is 22.2 Å². The van der Waals surface area contributed by atoms with Crippen LogP contribution in [-0.4, -0.2) is 36.9 Å². The highest BCUT2D eigenvalue weighted by atomic mass is 32.1. The summed E-state index contributed by atoms with van der Waals surface area (Å²) in [4.78, 5) is 20.6. The maximum absolute atomic E-state index is 13.4. The molecule has 31 heavy (non-hydrogen) atoms. The number of thiazole rings is 1. The minimum absolute atomic E-state index is 0.00627. The Morgan fingerprint density at radius 2 is 2.00 bits per heavy atom. The minimum Gasteiger partial charge on any atom is -0.486 e. The molecule has 0 radical (unpaired) electrons. The lowest BCUT2D eigenvalue weighted by Gasteiger charge is -2.23. The van der Waals surface area contributed by atoms with Crippen molar-refractivity contribution in [3.63, 3.8) is 0 Å². The van der Waals surface area contributed by atoms with Gasteiger partial charge in [0.25, 0.3) is 5.91 Å². The number of rotatable bonds is 5. The lowest BCUT2D eigenvalue weighted by molar-refractivity contribution is 0.0733. The van der Waals surface area contributed by atoms with E-state index in [1.165, 1.54) is 16.9 Å². The second-order valence-corrected chi connectivity index (χ2v) is 8.85. The predicted octanol–water partition coefficient (Wildman–Crippen LogP) is 4.36. The first-order chi connectivity index (χ1) is 15.1. The molecule has 0 bridgehead atoms. The summed E-state index contributed by atoms with van der Waals surface area (Å²) < 4.78 is 7.82. The molecule has 0 spiro atoms. The molecule has 7 nitrogen and oxygen atoms in total. The lowest BCUT2D eigenvalue weighted by Crippen LogP contribution is -2.31. The van der Waals surface area contributed by atoms with Crippen LogP contribution < -0.4 is 4.74 Å². The highest BCUT2D eigenvalue weighted by molar-refractivity contribution is 7.13. The van der Waals surface area contributed by atoms with Crippen molar-refractivity contribution in [3.8, 4) is 5.75 Å². The molecular formula is C23H23N5O2S. The molecule has 5 rings (SSSR count). The van der Waals surface area contributed by atoms with Crippen LogP contribution >= 0.6 is 11.3 Å². The van der Waals surface area contributed by atoms with Gasteiger partial charge in [-0.25, -0.2) is 4.98 Å². The van der Waals surface area contributed by atoms with Crippen LogP contribution in [0.4, 0.5) is 0 Å². The molecule has 8 heteroatoms. The van der Waals surface area contributed by atoms with E-state index in [0.717, 1.165) is 40.8 Å². The van der Waals surface area contributed by atoms with Crippen molar-refractivity contribution in [3.05, 3.63) is 75.6 Å². The van der Waals surface area contributed by atoms with E-state index >= 15 is 0 Å². The number of ether oxygens (including phenoxy) is 1. The van der Waals surface area contributed by atoms with Crippen molar-refractivity contribution in [2.75, 3.05) is 6.54 Å². The summed E-state index contributed by atoms with van der Waals surface area (Å²) in [6, 6.07) is 13.6. The third-order valence-electron chi connectivity index (χ3n) is 5.57. The van der Waals surface area contributed by atoms with E-state index in [1.54, 1.807) is 0 Å². The average Bonchev–Trinajstić information content (AvgIpc) is 3.50. The minimum atomic E-state index is -0.0846. The van der Waals surface area contributed by atoms with Crippen molar-refractivity contribution in [1.29, 1.82) is 0 Å². The molecule has 1 fully saturated rings. The van der Waals surface area contributed by atoms with E-state index in [4.69, 9.17) is 4.74 Å². The molecular weight excluding hydrogens is 410 g/mol. The number of aromatic nitrogens is 4. The highest BCUT2D eigenvalue weighted by Gasteiger charge is 2.35. The molecule has 4 aromatic rings. The van der Waals surface area contributed by atoms with E-state index in [2.05, 4.69) is 15.2 Å². The van der Waals surface area contributed by atoms with Gasteiger partial charge < -0.3 is 9.64 Å². The van der Waals surface area contributed by atoms with Crippen molar-refractivity contribution < 1.29 is 9.53 Å². The van der Waals surface area contributed by atoms with Crippen LogP contribution in [0.15, 0.2) is 48.7 Å². The van der Waals surface area contributed by atoms with Gasteiger partial charge in [0.15, 0.2) is 11.5 Å². The van der Waals surface area contributed by atoms with Crippen LogP contribution in [-0.2, 0) is 6.61 Å². The van der Waals surface area contributed by atoms with Gasteiger partial charge >= 0.3 is 0 Å². The SMILES string of the molecule is Cc1ccc(OCc2nc(C)c(C(=O)N3CCCC3c3nnc4ccccn34)s2)cc1. The molecule has 1 unspecified atom stereocenters. The predicted molar refractivity (Wildman–Crippen MR) is 118 cm³/mol. The Labute approximate surface area is 184 Å². The summed E-state index contributed by atoms with van der Waals surface area (Å²) >= 11 is 1.41. The number of benzene rings is 1. The maximum atomic E-state index is 13.4. The Hall–Kier alpha value is -3.26. The molecule has 1 amide bonds. The highest BCUT2D eigenvalue weighted by Crippen LogP contribution is 2.34. The number of pyridine rings is 1. The first-order valence-corrected chi connectivity index (χ1v) is 11.2. The van der Waals surface area contributed by atoms with Gasteiger partial charge in [0.2, 0.25) is 0 Å². The van der Waals surface area contributed by atoms with Gasteiger partial charge in [0, 0.05) is 12.7 Å². The molecule has 0 N–H and O–H groups in total. The molecule has 4 heterocycles. The van der Waals surface area contributed by atoms with E-state index in [1.807, 2.05) is 71.8 Å². The number of amides is 1. The monoisotopic (exact) mass is 433 g/mol. The van der Waals surface area contributed by atoms with Crippen LogP contribution in [0.5, 0.6) is 5.75 Å². The Morgan fingerprint density at radius 3 is 2.84 bits per heavy atom. The number of carbonyl (C=O) groups excluding carboxylic acids is 1. The number of likely N-dealkylation sites (tertiary alicyclic amines) is 1. The van der Waals surface area contributed by atoms with E-state index < -0.39 is 0 Å². The Morgan fingerprint density at radius 1 is 1.16 bits per heavy atom. The zero-order valence-corrected chi connectivity index (χ0v) is 18.3. The standard InChI is InChI=1S/C23H23N5O2S/c1-15-8-10-17(11-9-15)30-14-20-24-16(2)21(31-20)23(29)27-13-5-6-18(27)22-26-25-19-7-3-4-12-28(19)22/h3-4,7-12,18H,5-6,13-14H2,1-2H3. The Kier molecular flexibility index (Phi) is 5.15. The molecule has 1 aliphatic heterocycles. The zero-order valence-electron chi connectivity index (χ0n) is 17.5. The van der Waals surface area contributed by atoms with Gasteiger partial charge in [-0.15, -0.1) is 21.5 Å². The topological polar surface area (TPSA) is 72.6 Å². The fourth-order valence-electron chi connectivity index (χ4n) is 3.99. The quantitative estimate of drug-likeness (QED) is 0.468. The van der Waals surface area contributed by atoms with E-state index in [0.29, 0.717) is 18.0 Å². The number of hydrogen-bond donors (Lipinski definition) is 0. The first-order valence-electron chi connectivity index (χ1n) is 10.4. The average molecular weight is 434 g/mol. The Bertz CT molecular complexity index is 1230. The molecule has 1 aromatic carbocycles. The van der Waals surface area contributed by atoms with Gasteiger partial charge in [-0.1, -0.05) is 23.8 Å². The second kappa shape index (κ2) is 8.11. The first kappa shape index (κ1) is 19.7. The van der Waals surface area contributed by atoms with E-state index in [9.17, 15) is 4.79 Å². The van der Waals surface area contributed by atoms with Gasteiger partial charge in [-0.2, -0.15) is 0 Å². The molecule has 3 aromatic heterocycles. The normalized spacial score (nSPS) is 16.2. The molecule has 0 aliphatic carbocycles. The third kappa shape index (κ3) is 3.79. The molecule has 1 atom stereocenters. The second-order valence-electron chi connectivity index (χ2n) is 7.77. The summed E-state index contributed by atoms with van der Waals surface area (Å²) in [7, 11) is 0. The number of fused-ring (bicyclic) bond motifs is 1. The number of hydrogen-bond acceptors (Lipinski definition) is 6. The van der Waals surface area contributed by atoms with Crippen molar-refractivity contribution in [2.45, 2.75) is 39.3 Å². The summed E-state index contributed by atoms with van der Waals surface area (Å²) in [6.45, 7) is 4.98. The fourth-order valence-corrected chi connectivity index (χ4v) is 4.92. The van der Waals surface area contributed by atoms with Gasteiger partial charge in [0.05, 0.1) is 11.7 Å². The van der Waals surface area contributed by atoms with Crippen molar-refractivity contribution in [2.24, 2.45) is 0 Å². The number of aryl methyl sites for hydroxylation is 2. The van der Waals surface area contributed by atoms with Gasteiger partial charge in [-0.3, -0.25) is 9.20 Å². The molecule has 1 aliphatic rings. The summed E-state index contributed by atoms with van der Waals surface area (Å²) in [5.41, 5.74) is 2.72. The van der Waals surface area contributed by atoms with Crippen LogP contribution in [0.3, 0.4) is 0 Å². The molecule has 0 saturated carbocycles. The van der Waals surface area contributed by atoms with Crippen LogP contribution in [0.2, 0.25) is 0 Å². The maximum Gasteiger partial charge on any atom is 0.266 e. The number of nitrogens with zero attached hydrogens (tertiary/aromatic N) is 5. The molecule has 1 saturated heterocycles. The van der Waals surface area contributed by atoms with E-state index in [-0.39, 0.29) is 11.9 Å². The summed E-state index contributed by atoms with van der Waals surface area (Å²) in [5, 5.41) is 9.44.